The summed E-state index contributed by atoms with van der Waals surface area (Å²) in [5.74, 6) is 0.567. The fraction of sp³-hybridized carbons (Fsp3) is 0.533. The van der Waals surface area contributed by atoms with Gasteiger partial charge < -0.3 is 24.6 Å². The summed E-state index contributed by atoms with van der Waals surface area (Å²) in [4.78, 5) is 64.1. The van der Waals surface area contributed by atoms with Crippen molar-refractivity contribution in [2.75, 3.05) is 38.5 Å². The fourth-order valence-electron chi connectivity index (χ4n) is 4.30. The second-order valence-corrected chi connectivity index (χ2v) is 12.0. The van der Waals surface area contributed by atoms with E-state index in [1.807, 2.05) is 37.3 Å². The van der Waals surface area contributed by atoms with Crippen LogP contribution in [0.4, 0.5) is 4.79 Å². The van der Waals surface area contributed by atoms with Gasteiger partial charge in [0.1, 0.15) is 17.3 Å². The van der Waals surface area contributed by atoms with Crippen molar-refractivity contribution in [3.05, 3.63) is 47.8 Å². The molecule has 0 radical (unpaired) electrons. The first-order valence-electron chi connectivity index (χ1n) is 14.2. The summed E-state index contributed by atoms with van der Waals surface area (Å²) in [6, 6.07) is 10.0. The molecule has 3 amide bonds. The Morgan fingerprint density at radius 3 is 2.29 bits per heavy atom. The van der Waals surface area contributed by atoms with Crippen LogP contribution in [0.3, 0.4) is 0 Å². The minimum absolute atomic E-state index is 0.0484. The zero-order chi connectivity index (χ0) is 30.7. The predicted octanol–water partition coefficient (Wildman–Crippen LogP) is 3.92. The number of hydrogen-bond donors (Lipinski definition) is 1. The molecule has 0 spiro atoms. The van der Waals surface area contributed by atoms with E-state index in [0.29, 0.717) is 30.4 Å². The molecule has 0 unspecified atom stereocenters. The highest BCUT2D eigenvalue weighted by Crippen LogP contribution is 2.19. The fourth-order valence-corrected chi connectivity index (χ4v) is 4.86. The van der Waals surface area contributed by atoms with E-state index in [1.54, 1.807) is 55.3 Å². The molecule has 3 rings (SSSR count). The number of esters is 1. The number of carbonyl (C=O) groups is 4. The van der Waals surface area contributed by atoms with Gasteiger partial charge >= 0.3 is 12.1 Å². The van der Waals surface area contributed by atoms with Crippen LogP contribution >= 0.6 is 11.8 Å². The van der Waals surface area contributed by atoms with E-state index in [9.17, 15) is 19.2 Å². The van der Waals surface area contributed by atoms with Gasteiger partial charge in [-0.1, -0.05) is 37.3 Å². The SMILES string of the molecule is CCOC(=O)N1CCN(C(=O)[C@H](CCC(=O)OC(C)(C)C)NC(=O)c2cc(CSCC)nc(-c3ccccc3)n2)CC1. The van der Waals surface area contributed by atoms with Gasteiger partial charge in [-0.3, -0.25) is 14.4 Å². The molecule has 42 heavy (non-hydrogen) atoms. The second kappa shape index (κ2) is 15.5. The van der Waals surface area contributed by atoms with Crippen molar-refractivity contribution in [1.29, 1.82) is 0 Å². The number of carbonyl (C=O) groups excluding carboxylic acids is 4. The van der Waals surface area contributed by atoms with Crippen molar-refractivity contribution < 1.29 is 28.7 Å². The number of nitrogens with zero attached hydrogens (tertiary/aromatic N) is 4. The number of ether oxygens (including phenoxy) is 2. The Balaban J connectivity index is 1.81. The molecule has 0 bridgehead atoms. The summed E-state index contributed by atoms with van der Waals surface area (Å²) in [7, 11) is 0. The summed E-state index contributed by atoms with van der Waals surface area (Å²) in [6.45, 7) is 10.5. The van der Waals surface area contributed by atoms with E-state index in [1.165, 1.54) is 0 Å². The summed E-state index contributed by atoms with van der Waals surface area (Å²) >= 11 is 1.67. The first-order chi connectivity index (χ1) is 20.0. The molecule has 11 nitrogen and oxygen atoms in total. The first-order valence-corrected chi connectivity index (χ1v) is 15.4. The van der Waals surface area contributed by atoms with E-state index in [2.05, 4.69) is 15.3 Å². The molecule has 0 saturated carbocycles. The molecule has 1 N–H and O–H groups in total. The third-order valence-electron chi connectivity index (χ3n) is 6.28. The van der Waals surface area contributed by atoms with E-state index in [-0.39, 0.29) is 44.1 Å². The average Bonchev–Trinajstić information content (AvgIpc) is 2.97. The number of aromatic nitrogens is 2. The number of nitrogens with one attached hydrogen (secondary N) is 1. The van der Waals surface area contributed by atoms with Crippen LogP contribution in [0.2, 0.25) is 0 Å². The van der Waals surface area contributed by atoms with Crippen LogP contribution in [0.5, 0.6) is 0 Å². The number of piperazine rings is 1. The lowest BCUT2D eigenvalue weighted by Crippen LogP contribution is -2.56. The number of rotatable bonds is 11. The Hall–Kier alpha value is -3.67. The smallest absolute Gasteiger partial charge is 0.409 e. The quantitative estimate of drug-likeness (QED) is 0.382. The van der Waals surface area contributed by atoms with E-state index in [0.717, 1.165) is 11.3 Å². The topological polar surface area (TPSA) is 131 Å². The molecular weight excluding hydrogens is 558 g/mol. The lowest BCUT2D eigenvalue weighted by molar-refractivity contribution is -0.155. The van der Waals surface area contributed by atoms with Gasteiger partial charge in [0.2, 0.25) is 5.91 Å². The Labute approximate surface area is 251 Å². The van der Waals surface area contributed by atoms with E-state index in [4.69, 9.17) is 9.47 Å². The minimum atomic E-state index is -0.997. The Morgan fingerprint density at radius 1 is 1.00 bits per heavy atom. The summed E-state index contributed by atoms with van der Waals surface area (Å²) in [5, 5.41) is 2.82. The lowest BCUT2D eigenvalue weighted by atomic mass is 10.1. The van der Waals surface area contributed by atoms with Crippen molar-refractivity contribution in [1.82, 2.24) is 25.1 Å². The molecule has 2 heterocycles. The largest absolute Gasteiger partial charge is 0.460 e. The highest BCUT2D eigenvalue weighted by Gasteiger charge is 2.32. The number of hydrogen-bond acceptors (Lipinski definition) is 9. The summed E-state index contributed by atoms with van der Waals surface area (Å²) < 4.78 is 10.5. The molecule has 1 aliphatic rings. The van der Waals surface area contributed by atoms with Gasteiger partial charge in [-0.05, 0) is 45.9 Å². The molecule has 1 aliphatic heterocycles. The van der Waals surface area contributed by atoms with Crippen LogP contribution in [-0.2, 0) is 24.8 Å². The van der Waals surface area contributed by atoms with Gasteiger partial charge in [-0.2, -0.15) is 11.8 Å². The average molecular weight is 600 g/mol. The molecular formula is C30H41N5O6S. The normalized spacial score (nSPS) is 14.2. The maximum Gasteiger partial charge on any atom is 0.409 e. The van der Waals surface area contributed by atoms with Gasteiger partial charge in [-0.15, -0.1) is 0 Å². The molecule has 1 atom stereocenters. The molecule has 1 aromatic heterocycles. The molecule has 12 heteroatoms. The molecule has 1 fully saturated rings. The minimum Gasteiger partial charge on any atom is -0.460 e. The second-order valence-electron chi connectivity index (χ2n) is 10.7. The maximum absolute atomic E-state index is 13.7. The van der Waals surface area contributed by atoms with Crippen LogP contribution in [0.15, 0.2) is 36.4 Å². The van der Waals surface area contributed by atoms with Crippen molar-refractivity contribution >= 4 is 35.6 Å². The Kier molecular flexibility index (Phi) is 12.1. The van der Waals surface area contributed by atoms with Gasteiger partial charge in [0.15, 0.2) is 5.82 Å². The monoisotopic (exact) mass is 599 g/mol. The van der Waals surface area contributed by atoms with Gasteiger partial charge in [-0.25, -0.2) is 14.8 Å². The van der Waals surface area contributed by atoms with Gasteiger partial charge in [0.05, 0.1) is 12.3 Å². The number of benzene rings is 1. The zero-order valence-electron chi connectivity index (χ0n) is 25.1. The summed E-state index contributed by atoms with van der Waals surface area (Å²) in [6.07, 6.45) is -0.435. The van der Waals surface area contributed by atoms with Gasteiger partial charge in [0, 0.05) is 43.9 Å². The number of amides is 3. The molecule has 1 aromatic carbocycles. The standard InChI is InChI=1S/C30H41N5O6S/c1-6-40-29(39)35-17-15-34(16-18-35)28(38)23(13-14-25(36)41-30(3,4)5)33-27(37)24-19-22(20-42-7-2)31-26(32-24)21-11-9-8-10-12-21/h8-12,19,23H,6-7,13-18,20H2,1-5H3,(H,33,37)/t23-/m0/s1. The van der Waals surface area contributed by atoms with Crippen molar-refractivity contribution in [2.45, 2.75) is 64.9 Å². The summed E-state index contributed by atoms with van der Waals surface area (Å²) in [5.41, 5.74) is 0.933. The zero-order valence-corrected chi connectivity index (χ0v) is 25.9. The predicted molar refractivity (Wildman–Crippen MR) is 161 cm³/mol. The lowest BCUT2D eigenvalue weighted by Gasteiger charge is -2.36. The van der Waals surface area contributed by atoms with Crippen LogP contribution in [0, 0.1) is 0 Å². The molecule has 0 aliphatic carbocycles. The first kappa shape index (κ1) is 32.8. The van der Waals surface area contributed by atoms with Crippen LogP contribution in [0.25, 0.3) is 11.4 Å². The van der Waals surface area contributed by atoms with Crippen molar-refractivity contribution in [2.24, 2.45) is 0 Å². The highest BCUT2D eigenvalue weighted by atomic mass is 32.2. The third kappa shape index (κ3) is 10.0. The van der Waals surface area contributed by atoms with Gasteiger partial charge in [0.25, 0.3) is 5.91 Å². The van der Waals surface area contributed by atoms with E-state index >= 15 is 0 Å². The molecule has 1 saturated heterocycles. The van der Waals surface area contributed by atoms with Crippen molar-refractivity contribution in [3.8, 4) is 11.4 Å². The van der Waals surface area contributed by atoms with E-state index < -0.39 is 29.6 Å². The van der Waals surface area contributed by atoms with Crippen molar-refractivity contribution in [3.63, 3.8) is 0 Å². The van der Waals surface area contributed by atoms with Crippen LogP contribution in [0.1, 0.15) is 63.6 Å². The Bertz CT molecular complexity index is 1230. The molecule has 228 valence electrons. The van der Waals surface area contributed by atoms with Crippen LogP contribution < -0.4 is 5.32 Å². The highest BCUT2D eigenvalue weighted by molar-refractivity contribution is 7.98. The number of thioether (sulfide) groups is 1. The third-order valence-corrected chi connectivity index (χ3v) is 7.18. The maximum atomic E-state index is 13.7. The van der Waals surface area contributed by atoms with Crippen LogP contribution in [-0.4, -0.2) is 93.8 Å². The Morgan fingerprint density at radius 2 is 1.67 bits per heavy atom. The molecule has 2 aromatic rings.